The molecule has 6 heteroatoms. The van der Waals surface area contributed by atoms with E-state index in [1.165, 1.54) is 12.1 Å². The Labute approximate surface area is 117 Å². The number of esters is 1. The molecule has 0 saturated carbocycles. The van der Waals surface area contributed by atoms with Gasteiger partial charge in [-0.05, 0) is 24.6 Å². The van der Waals surface area contributed by atoms with Gasteiger partial charge in [-0.25, -0.2) is 8.42 Å². The summed E-state index contributed by atoms with van der Waals surface area (Å²) in [6, 6.07) is 5.97. The SMILES string of the molecule is CCC[C@H]1COC(=O)C1S(=O)(=O)c1cccc(Cl)c1. The number of benzene rings is 1. The Balaban J connectivity index is 2.40. The van der Waals surface area contributed by atoms with Crippen molar-refractivity contribution in [2.75, 3.05) is 6.61 Å². The predicted octanol–water partition coefficient (Wildman–Crippen LogP) is 2.46. The highest BCUT2D eigenvalue weighted by Gasteiger charge is 2.46. The first kappa shape index (κ1) is 14.3. The van der Waals surface area contributed by atoms with E-state index in [1.807, 2.05) is 6.92 Å². The van der Waals surface area contributed by atoms with Crippen LogP contribution in [0.25, 0.3) is 0 Å². The van der Waals surface area contributed by atoms with Crippen LogP contribution < -0.4 is 0 Å². The van der Waals surface area contributed by atoms with E-state index in [9.17, 15) is 13.2 Å². The van der Waals surface area contributed by atoms with E-state index in [-0.39, 0.29) is 17.4 Å². The molecule has 1 saturated heterocycles. The molecule has 0 aromatic heterocycles. The molecule has 104 valence electrons. The first-order chi connectivity index (χ1) is 8.96. The van der Waals surface area contributed by atoms with Gasteiger partial charge in [-0.1, -0.05) is 31.0 Å². The minimum absolute atomic E-state index is 0.0740. The Morgan fingerprint density at radius 2 is 2.16 bits per heavy atom. The molecule has 1 fully saturated rings. The number of sulfone groups is 1. The Kier molecular flexibility index (Phi) is 4.16. The maximum atomic E-state index is 12.5. The maximum absolute atomic E-state index is 12.5. The maximum Gasteiger partial charge on any atom is 0.325 e. The smallest absolute Gasteiger partial charge is 0.325 e. The molecule has 1 aromatic rings. The second-order valence-corrected chi connectivity index (χ2v) is 7.11. The lowest BCUT2D eigenvalue weighted by atomic mass is 10.0. The molecule has 0 bridgehead atoms. The fraction of sp³-hybridized carbons (Fsp3) is 0.462. The minimum Gasteiger partial charge on any atom is -0.464 e. The molecule has 1 aromatic carbocycles. The van der Waals surface area contributed by atoms with Gasteiger partial charge in [0.2, 0.25) is 0 Å². The van der Waals surface area contributed by atoms with Crippen molar-refractivity contribution < 1.29 is 17.9 Å². The minimum atomic E-state index is -3.74. The van der Waals surface area contributed by atoms with Crippen molar-refractivity contribution in [2.45, 2.75) is 29.9 Å². The van der Waals surface area contributed by atoms with Crippen LogP contribution in [-0.4, -0.2) is 26.2 Å². The number of carbonyl (C=O) groups excluding carboxylic acids is 1. The zero-order chi connectivity index (χ0) is 14.0. The first-order valence-corrected chi connectivity index (χ1v) is 8.05. The van der Waals surface area contributed by atoms with Gasteiger partial charge in [-0.15, -0.1) is 0 Å². The summed E-state index contributed by atoms with van der Waals surface area (Å²) < 4.78 is 30.0. The third-order valence-electron chi connectivity index (χ3n) is 3.22. The van der Waals surface area contributed by atoms with Gasteiger partial charge in [-0.3, -0.25) is 4.79 Å². The van der Waals surface area contributed by atoms with Gasteiger partial charge in [0.05, 0.1) is 11.5 Å². The van der Waals surface area contributed by atoms with E-state index >= 15 is 0 Å². The summed E-state index contributed by atoms with van der Waals surface area (Å²) in [7, 11) is -3.74. The van der Waals surface area contributed by atoms with Gasteiger partial charge in [0.25, 0.3) is 0 Å². The van der Waals surface area contributed by atoms with E-state index in [1.54, 1.807) is 12.1 Å². The quantitative estimate of drug-likeness (QED) is 0.802. The number of cyclic esters (lactones) is 1. The molecular formula is C13H15ClO4S. The van der Waals surface area contributed by atoms with Crippen molar-refractivity contribution in [2.24, 2.45) is 5.92 Å². The molecule has 4 nitrogen and oxygen atoms in total. The lowest BCUT2D eigenvalue weighted by Gasteiger charge is -2.15. The number of halogens is 1. The van der Waals surface area contributed by atoms with Crippen LogP contribution in [-0.2, 0) is 19.4 Å². The molecule has 0 radical (unpaired) electrons. The van der Waals surface area contributed by atoms with Crippen molar-refractivity contribution in [1.29, 1.82) is 0 Å². The van der Waals surface area contributed by atoms with Crippen LogP contribution in [0, 0.1) is 5.92 Å². The zero-order valence-corrected chi connectivity index (χ0v) is 12.1. The molecule has 0 aliphatic carbocycles. The average Bonchev–Trinajstić information content (AvgIpc) is 2.71. The summed E-state index contributed by atoms with van der Waals surface area (Å²) in [5, 5.41) is -0.773. The third kappa shape index (κ3) is 2.77. The van der Waals surface area contributed by atoms with Gasteiger partial charge in [0, 0.05) is 10.9 Å². The lowest BCUT2D eigenvalue weighted by Crippen LogP contribution is -2.32. The van der Waals surface area contributed by atoms with Gasteiger partial charge in [-0.2, -0.15) is 0 Å². The molecule has 2 rings (SSSR count). The van der Waals surface area contributed by atoms with E-state index < -0.39 is 21.1 Å². The molecule has 1 aliphatic rings. The van der Waals surface area contributed by atoms with E-state index in [4.69, 9.17) is 16.3 Å². The molecule has 0 N–H and O–H groups in total. The molecule has 0 spiro atoms. The van der Waals surface area contributed by atoms with Crippen LogP contribution in [0.2, 0.25) is 5.02 Å². The number of hydrogen-bond acceptors (Lipinski definition) is 4. The molecule has 1 unspecified atom stereocenters. The van der Waals surface area contributed by atoms with Crippen molar-refractivity contribution in [3.63, 3.8) is 0 Å². The Morgan fingerprint density at radius 1 is 1.42 bits per heavy atom. The topological polar surface area (TPSA) is 60.4 Å². The van der Waals surface area contributed by atoms with Crippen molar-refractivity contribution in [3.05, 3.63) is 29.3 Å². The fourth-order valence-corrected chi connectivity index (χ4v) is 4.48. The summed E-state index contributed by atoms with van der Waals surface area (Å²) >= 11 is 5.81. The summed E-state index contributed by atoms with van der Waals surface area (Å²) in [5.41, 5.74) is 0. The highest BCUT2D eigenvalue weighted by molar-refractivity contribution is 7.92. The van der Waals surface area contributed by atoms with Crippen molar-refractivity contribution in [1.82, 2.24) is 0 Å². The standard InChI is InChI=1S/C13H15ClO4S/c1-2-4-9-8-18-13(15)12(9)19(16,17)11-6-3-5-10(14)7-11/h3,5-7,9,12H,2,4,8H2,1H3/t9-,12?/m0/s1. The second-order valence-electron chi connectivity index (χ2n) is 4.60. The Morgan fingerprint density at radius 3 is 2.79 bits per heavy atom. The normalized spacial score (nSPS) is 23.4. The van der Waals surface area contributed by atoms with Crippen LogP contribution in [0.4, 0.5) is 0 Å². The summed E-state index contributed by atoms with van der Waals surface area (Å²) in [5.74, 6) is -0.931. The van der Waals surface area contributed by atoms with Gasteiger partial charge in [0.1, 0.15) is 0 Å². The number of hydrogen-bond donors (Lipinski definition) is 0. The highest BCUT2D eigenvalue weighted by Crippen LogP contribution is 2.31. The van der Waals surface area contributed by atoms with E-state index in [0.29, 0.717) is 11.4 Å². The number of rotatable bonds is 4. The third-order valence-corrected chi connectivity index (χ3v) is 5.61. The highest BCUT2D eigenvalue weighted by atomic mass is 35.5. The summed E-state index contributed by atoms with van der Waals surface area (Å²) in [6.07, 6.45) is 1.46. The molecule has 0 amide bonds. The van der Waals surface area contributed by atoms with Crippen molar-refractivity contribution >= 4 is 27.4 Å². The average molecular weight is 303 g/mol. The molecule has 1 aliphatic heterocycles. The van der Waals surface area contributed by atoms with Crippen LogP contribution in [0.5, 0.6) is 0 Å². The van der Waals surface area contributed by atoms with Crippen molar-refractivity contribution in [3.8, 4) is 0 Å². The number of carbonyl (C=O) groups is 1. The Hall–Kier alpha value is -1.07. The fourth-order valence-electron chi connectivity index (χ4n) is 2.33. The monoisotopic (exact) mass is 302 g/mol. The second kappa shape index (κ2) is 5.51. The van der Waals surface area contributed by atoms with Crippen LogP contribution >= 0.6 is 11.6 Å². The summed E-state index contributed by atoms with van der Waals surface area (Å²) in [4.78, 5) is 11.8. The molecule has 19 heavy (non-hydrogen) atoms. The van der Waals surface area contributed by atoms with Crippen LogP contribution in [0.3, 0.4) is 0 Å². The first-order valence-electron chi connectivity index (χ1n) is 6.13. The summed E-state index contributed by atoms with van der Waals surface area (Å²) in [6.45, 7) is 2.13. The molecular weight excluding hydrogens is 288 g/mol. The van der Waals surface area contributed by atoms with Crippen LogP contribution in [0.15, 0.2) is 29.2 Å². The number of ether oxygens (including phenoxy) is 1. The van der Waals surface area contributed by atoms with E-state index in [2.05, 4.69) is 0 Å². The predicted molar refractivity (Wildman–Crippen MR) is 71.8 cm³/mol. The molecule has 2 atom stereocenters. The van der Waals surface area contributed by atoms with Gasteiger partial charge >= 0.3 is 5.97 Å². The van der Waals surface area contributed by atoms with Gasteiger partial charge < -0.3 is 4.74 Å². The lowest BCUT2D eigenvalue weighted by molar-refractivity contribution is -0.137. The van der Waals surface area contributed by atoms with E-state index in [0.717, 1.165) is 6.42 Å². The van der Waals surface area contributed by atoms with Crippen LogP contribution in [0.1, 0.15) is 19.8 Å². The molecule has 1 heterocycles. The zero-order valence-electron chi connectivity index (χ0n) is 10.5. The van der Waals surface area contributed by atoms with Gasteiger partial charge in [0.15, 0.2) is 15.1 Å². The largest absolute Gasteiger partial charge is 0.464 e. The Bertz CT molecular complexity index is 582.